The van der Waals surface area contributed by atoms with Crippen LogP contribution in [0.25, 0.3) is 0 Å². The average molecular weight is 194 g/mol. The molecule has 0 saturated heterocycles. The Morgan fingerprint density at radius 1 is 1.31 bits per heavy atom. The minimum absolute atomic E-state index is 0.207. The Morgan fingerprint density at radius 3 is 2.23 bits per heavy atom. The van der Waals surface area contributed by atoms with E-state index in [1.165, 1.54) is 7.05 Å². The normalized spacial score (nSPS) is 17.6. The molecule has 3 atom stereocenters. The van der Waals surface area contributed by atoms with Crippen LogP contribution in [0.3, 0.4) is 0 Å². The molecule has 13 heavy (non-hydrogen) atoms. The zero-order chi connectivity index (χ0) is 10.4. The first kappa shape index (κ1) is 12.2. The molecule has 0 saturated carbocycles. The van der Waals surface area contributed by atoms with Gasteiger partial charge in [0.05, 0.1) is 18.4 Å². The Kier molecular flexibility index (Phi) is 5.47. The van der Waals surface area contributed by atoms with Crippen molar-refractivity contribution in [1.82, 2.24) is 5.01 Å². The molecule has 7 heteroatoms. The maximum absolute atomic E-state index is 9.87. The van der Waals surface area contributed by atoms with Gasteiger partial charge in [-0.2, -0.15) is 0 Å². The van der Waals surface area contributed by atoms with E-state index < -0.39 is 24.9 Å². The number of aliphatic hydroxyl groups excluding tert-OH is 4. The number of nitrogens with zero attached hydrogens (tertiary/aromatic N) is 2. The lowest BCUT2D eigenvalue weighted by atomic mass is 10.1. The zero-order valence-electron chi connectivity index (χ0n) is 7.24. The van der Waals surface area contributed by atoms with Crippen LogP contribution < -0.4 is 0 Å². The lowest BCUT2D eigenvalue weighted by molar-refractivity contribution is -0.0825. The van der Waals surface area contributed by atoms with E-state index in [1.807, 2.05) is 0 Å². The van der Waals surface area contributed by atoms with Gasteiger partial charge in [0, 0.05) is 7.05 Å². The summed E-state index contributed by atoms with van der Waals surface area (Å²) in [6.07, 6.45) is -4.24. The summed E-state index contributed by atoms with van der Waals surface area (Å²) in [4.78, 5) is 9.87. The maximum Gasteiger partial charge on any atom is 0.110 e. The fourth-order valence-electron chi connectivity index (χ4n) is 0.776. The molecule has 0 bridgehead atoms. The zero-order valence-corrected chi connectivity index (χ0v) is 7.24. The van der Waals surface area contributed by atoms with Crippen LogP contribution in [0.2, 0.25) is 0 Å². The monoisotopic (exact) mass is 194 g/mol. The summed E-state index contributed by atoms with van der Waals surface area (Å²) in [7, 11) is 1.31. The van der Waals surface area contributed by atoms with Gasteiger partial charge in [-0.1, -0.05) is 0 Å². The Balaban J connectivity index is 3.94. The summed E-state index contributed by atoms with van der Waals surface area (Å²) in [5.74, 6) is 0. The van der Waals surface area contributed by atoms with Gasteiger partial charge in [0.15, 0.2) is 0 Å². The Labute approximate surface area is 75.2 Å². The molecule has 3 unspecified atom stereocenters. The Hall–Kier alpha value is -0.760. The molecule has 0 aromatic rings. The van der Waals surface area contributed by atoms with Crippen LogP contribution in [-0.4, -0.2) is 63.9 Å². The van der Waals surface area contributed by atoms with E-state index in [0.717, 1.165) is 5.01 Å². The van der Waals surface area contributed by atoms with Crippen molar-refractivity contribution in [3.63, 3.8) is 0 Å². The van der Waals surface area contributed by atoms with Crippen LogP contribution >= 0.6 is 0 Å². The van der Waals surface area contributed by atoms with Gasteiger partial charge in [-0.3, -0.25) is 5.01 Å². The molecule has 4 N–H and O–H groups in total. The van der Waals surface area contributed by atoms with Gasteiger partial charge < -0.3 is 20.4 Å². The van der Waals surface area contributed by atoms with Crippen molar-refractivity contribution < 1.29 is 20.4 Å². The van der Waals surface area contributed by atoms with E-state index in [2.05, 4.69) is 5.29 Å². The highest BCUT2D eigenvalue weighted by Gasteiger charge is 2.24. The molecule has 0 aromatic carbocycles. The van der Waals surface area contributed by atoms with E-state index in [-0.39, 0.29) is 6.54 Å². The average Bonchev–Trinajstić information content (AvgIpc) is 2.14. The van der Waals surface area contributed by atoms with Crippen molar-refractivity contribution in [3.8, 4) is 0 Å². The lowest BCUT2D eigenvalue weighted by Gasteiger charge is -2.23. The highest BCUT2D eigenvalue weighted by atomic mass is 16.4. The molecule has 0 amide bonds. The second-order valence-corrected chi connectivity index (χ2v) is 2.73. The molecular weight excluding hydrogens is 180 g/mol. The number of rotatable bonds is 6. The summed E-state index contributed by atoms with van der Waals surface area (Å²) in [6.45, 7) is -0.863. The van der Waals surface area contributed by atoms with E-state index >= 15 is 0 Å². The summed E-state index contributed by atoms with van der Waals surface area (Å²) in [6, 6.07) is 0. The molecule has 0 spiro atoms. The number of hydrogen-bond donors (Lipinski definition) is 4. The fraction of sp³-hybridized carbons (Fsp3) is 1.00. The smallest absolute Gasteiger partial charge is 0.110 e. The van der Waals surface area contributed by atoms with Crippen LogP contribution in [0.15, 0.2) is 5.29 Å². The molecule has 0 fully saturated rings. The minimum Gasteiger partial charge on any atom is -0.394 e. The molecule has 7 nitrogen and oxygen atoms in total. The Bertz CT molecular complexity index is 156. The topological polar surface area (TPSA) is 114 Å². The van der Waals surface area contributed by atoms with Crippen molar-refractivity contribution in [2.75, 3.05) is 20.2 Å². The van der Waals surface area contributed by atoms with Gasteiger partial charge in [-0.05, 0) is 0 Å². The lowest BCUT2D eigenvalue weighted by Crippen LogP contribution is -2.44. The minimum atomic E-state index is -1.49. The van der Waals surface area contributed by atoms with Crippen LogP contribution in [0.1, 0.15) is 0 Å². The quantitative estimate of drug-likeness (QED) is 0.279. The van der Waals surface area contributed by atoms with E-state index in [9.17, 15) is 4.91 Å². The van der Waals surface area contributed by atoms with E-state index in [1.54, 1.807) is 0 Å². The Morgan fingerprint density at radius 2 is 1.85 bits per heavy atom. The molecular formula is C6H14N2O5. The SMILES string of the molecule is CN(CC(O)C(O)C(O)CO)N=O. The van der Waals surface area contributed by atoms with Crippen molar-refractivity contribution >= 4 is 0 Å². The predicted molar refractivity (Wildman–Crippen MR) is 43.5 cm³/mol. The largest absolute Gasteiger partial charge is 0.394 e. The highest BCUT2D eigenvalue weighted by Crippen LogP contribution is 2.01. The third kappa shape index (κ3) is 4.13. The summed E-state index contributed by atoms with van der Waals surface area (Å²) in [5.41, 5.74) is 0. The van der Waals surface area contributed by atoms with Gasteiger partial charge >= 0.3 is 0 Å². The molecule has 0 heterocycles. The summed E-state index contributed by atoms with van der Waals surface area (Å²) >= 11 is 0. The van der Waals surface area contributed by atoms with E-state index in [0.29, 0.717) is 0 Å². The van der Waals surface area contributed by atoms with Crippen LogP contribution in [-0.2, 0) is 0 Å². The number of hydrogen-bond acceptors (Lipinski definition) is 6. The number of nitroso groups, excluding NO2 is 1. The second kappa shape index (κ2) is 5.81. The van der Waals surface area contributed by atoms with Gasteiger partial charge in [-0.15, -0.1) is 4.91 Å². The molecule has 0 aliphatic heterocycles. The van der Waals surface area contributed by atoms with Crippen LogP contribution in [0.4, 0.5) is 0 Å². The van der Waals surface area contributed by atoms with Crippen molar-refractivity contribution in [1.29, 1.82) is 0 Å². The molecule has 0 radical (unpaired) electrons. The van der Waals surface area contributed by atoms with Crippen molar-refractivity contribution in [3.05, 3.63) is 4.91 Å². The van der Waals surface area contributed by atoms with Crippen LogP contribution in [0.5, 0.6) is 0 Å². The predicted octanol–water partition coefficient (Wildman–Crippen LogP) is -2.33. The highest BCUT2D eigenvalue weighted by molar-refractivity contribution is 4.75. The molecule has 78 valence electrons. The summed E-state index contributed by atoms with van der Waals surface area (Å²) < 4.78 is 0. The van der Waals surface area contributed by atoms with Gasteiger partial charge in [0.25, 0.3) is 0 Å². The standard InChI is InChI=1S/C6H14N2O5/c1-8(7-13)2-4(10)6(12)5(11)3-9/h4-6,9-12H,2-3H2,1H3. The molecule has 0 aromatic heterocycles. The van der Waals surface area contributed by atoms with Gasteiger partial charge in [0.1, 0.15) is 18.3 Å². The van der Waals surface area contributed by atoms with Crippen molar-refractivity contribution in [2.24, 2.45) is 5.29 Å². The third-order valence-electron chi connectivity index (χ3n) is 1.57. The first-order valence-corrected chi connectivity index (χ1v) is 3.72. The second-order valence-electron chi connectivity index (χ2n) is 2.73. The number of aliphatic hydroxyl groups is 4. The van der Waals surface area contributed by atoms with E-state index in [4.69, 9.17) is 20.4 Å². The molecule has 0 aliphatic rings. The first-order chi connectivity index (χ1) is 6.02. The molecule has 0 aliphatic carbocycles. The van der Waals surface area contributed by atoms with Crippen LogP contribution in [0, 0.1) is 4.91 Å². The molecule has 0 rings (SSSR count). The third-order valence-corrected chi connectivity index (χ3v) is 1.57. The van der Waals surface area contributed by atoms with Gasteiger partial charge in [0.2, 0.25) is 0 Å². The maximum atomic E-state index is 9.87. The fourth-order valence-corrected chi connectivity index (χ4v) is 0.776. The first-order valence-electron chi connectivity index (χ1n) is 3.72. The van der Waals surface area contributed by atoms with Crippen molar-refractivity contribution in [2.45, 2.75) is 18.3 Å². The van der Waals surface area contributed by atoms with Gasteiger partial charge in [-0.25, -0.2) is 0 Å². The number of likely N-dealkylation sites (N-methyl/N-ethyl adjacent to an activating group) is 1. The summed E-state index contributed by atoms with van der Waals surface area (Å²) in [5, 5.41) is 38.9.